The Morgan fingerprint density at radius 1 is 1.60 bits per heavy atom. The lowest BCUT2D eigenvalue weighted by Gasteiger charge is -2.38. The van der Waals surface area contributed by atoms with Crippen molar-refractivity contribution in [2.75, 3.05) is 19.7 Å². The number of nitro groups is 1. The number of amides is 1. The molecule has 1 saturated heterocycles. The minimum Gasteiger partial charge on any atom is -0.372 e. The van der Waals surface area contributed by atoms with Crippen molar-refractivity contribution in [2.45, 2.75) is 19.4 Å². The van der Waals surface area contributed by atoms with Crippen molar-refractivity contribution < 1.29 is 14.5 Å². The van der Waals surface area contributed by atoms with Crippen molar-refractivity contribution in [1.82, 2.24) is 9.88 Å². The van der Waals surface area contributed by atoms with Crippen LogP contribution < -0.4 is 0 Å². The zero-order valence-corrected chi connectivity index (χ0v) is 11.9. The van der Waals surface area contributed by atoms with E-state index in [0.29, 0.717) is 19.7 Å². The van der Waals surface area contributed by atoms with E-state index in [0.717, 1.165) is 12.3 Å². The molecule has 108 valence electrons. The first-order chi connectivity index (χ1) is 9.30. The van der Waals surface area contributed by atoms with Gasteiger partial charge in [-0.2, -0.15) is 0 Å². The van der Waals surface area contributed by atoms with E-state index >= 15 is 0 Å². The number of halogens is 1. The third-order valence-corrected chi connectivity index (χ3v) is 3.28. The van der Waals surface area contributed by atoms with Gasteiger partial charge in [0.1, 0.15) is 11.3 Å². The van der Waals surface area contributed by atoms with Crippen LogP contribution in [0.4, 0.5) is 5.69 Å². The summed E-state index contributed by atoms with van der Waals surface area (Å²) in [6.45, 7) is 4.98. The van der Waals surface area contributed by atoms with Gasteiger partial charge in [-0.15, -0.1) is 0 Å². The molecule has 0 unspecified atom stereocenters. The Kier molecular flexibility index (Phi) is 3.92. The molecular formula is C12H14ClN3O4. The molecule has 8 heteroatoms. The molecule has 0 bridgehead atoms. The maximum atomic E-state index is 12.4. The van der Waals surface area contributed by atoms with Crippen LogP contribution in [-0.4, -0.2) is 46.0 Å². The summed E-state index contributed by atoms with van der Waals surface area (Å²) in [5.74, 6) is -0.373. The number of aromatic nitrogens is 1. The molecule has 1 aromatic rings. The Balaban J connectivity index is 2.29. The molecule has 1 amide bonds. The number of nitrogens with zero attached hydrogens (tertiary/aromatic N) is 3. The van der Waals surface area contributed by atoms with E-state index in [4.69, 9.17) is 16.3 Å². The second-order valence-electron chi connectivity index (χ2n) is 5.12. The lowest BCUT2D eigenvalue weighted by molar-refractivity contribution is -0.385. The summed E-state index contributed by atoms with van der Waals surface area (Å²) in [5, 5.41) is 10.7. The topological polar surface area (TPSA) is 85.6 Å². The molecule has 0 aliphatic carbocycles. The van der Waals surface area contributed by atoms with Crippen molar-refractivity contribution in [3.8, 4) is 0 Å². The smallest absolute Gasteiger partial charge is 0.288 e. The normalized spacial score (nSPS) is 17.9. The quantitative estimate of drug-likeness (QED) is 0.473. The highest BCUT2D eigenvalue weighted by atomic mass is 35.5. The molecule has 0 saturated carbocycles. The van der Waals surface area contributed by atoms with Gasteiger partial charge in [-0.25, -0.2) is 4.98 Å². The summed E-state index contributed by atoms with van der Waals surface area (Å²) in [6, 6.07) is 1.15. The van der Waals surface area contributed by atoms with Gasteiger partial charge in [-0.05, 0) is 13.8 Å². The van der Waals surface area contributed by atoms with Crippen molar-refractivity contribution in [3.05, 3.63) is 33.1 Å². The predicted molar refractivity (Wildman–Crippen MR) is 71.8 cm³/mol. The van der Waals surface area contributed by atoms with Crippen molar-refractivity contribution in [3.63, 3.8) is 0 Å². The number of hydrogen-bond donors (Lipinski definition) is 0. The average Bonchev–Trinajstić information content (AvgIpc) is 2.37. The summed E-state index contributed by atoms with van der Waals surface area (Å²) in [6.07, 6.45) is 1.03. The van der Waals surface area contributed by atoms with Crippen LogP contribution in [0.1, 0.15) is 24.2 Å². The number of carbonyl (C=O) groups excluding carboxylic acids is 1. The highest BCUT2D eigenvalue weighted by Crippen LogP contribution is 2.23. The summed E-state index contributed by atoms with van der Waals surface area (Å²) in [7, 11) is 0. The molecule has 2 rings (SSSR count). The zero-order chi connectivity index (χ0) is 14.9. The molecule has 1 aliphatic rings. The summed E-state index contributed by atoms with van der Waals surface area (Å²) in [5.41, 5.74) is -0.669. The predicted octanol–water partition coefficient (Wildman–Crippen LogP) is 1.89. The van der Waals surface area contributed by atoms with Crippen molar-refractivity contribution >= 4 is 23.2 Å². The van der Waals surface area contributed by atoms with E-state index in [1.165, 1.54) is 0 Å². The fraction of sp³-hybridized carbons (Fsp3) is 0.500. The Morgan fingerprint density at radius 3 is 2.90 bits per heavy atom. The van der Waals surface area contributed by atoms with Crippen LogP contribution in [0, 0.1) is 10.1 Å². The Hall–Kier alpha value is -1.73. The van der Waals surface area contributed by atoms with Crippen LogP contribution in [0.3, 0.4) is 0 Å². The lowest BCUT2D eigenvalue weighted by Crippen LogP contribution is -2.50. The van der Waals surface area contributed by atoms with Gasteiger partial charge in [-0.3, -0.25) is 14.9 Å². The maximum absolute atomic E-state index is 12.4. The Labute approximate surface area is 120 Å². The van der Waals surface area contributed by atoms with Crippen LogP contribution >= 0.6 is 11.6 Å². The fourth-order valence-electron chi connectivity index (χ4n) is 2.05. The van der Waals surface area contributed by atoms with Crippen LogP contribution in [0.25, 0.3) is 0 Å². The average molecular weight is 300 g/mol. The van der Waals surface area contributed by atoms with E-state index in [9.17, 15) is 14.9 Å². The molecule has 20 heavy (non-hydrogen) atoms. The molecular weight excluding hydrogens is 286 g/mol. The minimum absolute atomic E-state index is 0.0371. The number of pyridine rings is 1. The Morgan fingerprint density at radius 2 is 2.30 bits per heavy atom. The highest BCUT2D eigenvalue weighted by Gasteiger charge is 2.32. The SMILES string of the molecule is CC1(C)CN(C(=O)c2cc([N+](=O)[O-])cnc2Cl)CCO1. The van der Waals surface area contributed by atoms with Crippen LogP contribution in [-0.2, 0) is 4.74 Å². The first-order valence-electron chi connectivity index (χ1n) is 6.03. The number of morpholine rings is 1. The number of carbonyl (C=O) groups is 1. The first kappa shape index (κ1) is 14.7. The molecule has 0 aromatic carbocycles. The monoisotopic (exact) mass is 299 g/mol. The van der Waals surface area contributed by atoms with Gasteiger partial charge < -0.3 is 9.64 Å². The molecule has 1 fully saturated rings. The second-order valence-corrected chi connectivity index (χ2v) is 5.48. The molecule has 1 aliphatic heterocycles. The number of hydrogen-bond acceptors (Lipinski definition) is 5. The fourth-order valence-corrected chi connectivity index (χ4v) is 2.23. The summed E-state index contributed by atoms with van der Waals surface area (Å²) >= 11 is 5.87. The van der Waals surface area contributed by atoms with Crippen molar-refractivity contribution in [2.24, 2.45) is 0 Å². The maximum Gasteiger partial charge on any atom is 0.288 e. The van der Waals surface area contributed by atoms with E-state index in [2.05, 4.69) is 4.98 Å². The van der Waals surface area contributed by atoms with Gasteiger partial charge >= 0.3 is 0 Å². The van der Waals surface area contributed by atoms with Crippen molar-refractivity contribution in [1.29, 1.82) is 0 Å². The first-order valence-corrected chi connectivity index (χ1v) is 6.41. The summed E-state index contributed by atoms with van der Waals surface area (Å²) in [4.78, 5) is 27.8. The molecule has 1 aromatic heterocycles. The molecule has 0 spiro atoms. The number of rotatable bonds is 2. The van der Waals surface area contributed by atoms with E-state index in [1.807, 2.05) is 13.8 Å². The second kappa shape index (κ2) is 5.34. The summed E-state index contributed by atoms with van der Waals surface area (Å²) < 4.78 is 5.52. The third kappa shape index (κ3) is 3.05. The zero-order valence-electron chi connectivity index (χ0n) is 11.1. The van der Waals surface area contributed by atoms with Gasteiger partial charge in [0.05, 0.1) is 22.7 Å². The molecule has 0 radical (unpaired) electrons. The van der Waals surface area contributed by atoms with E-state index in [-0.39, 0.29) is 22.3 Å². The minimum atomic E-state index is -0.608. The molecule has 2 heterocycles. The lowest BCUT2D eigenvalue weighted by atomic mass is 10.1. The highest BCUT2D eigenvalue weighted by molar-refractivity contribution is 6.32. The molecule has 0 atom stereocenters. The van der Waals surface area contributed by atoms with Crippen LogP contribution in [0.5, 0.6) is 0 Å². The van der Waals surface area contributed by atoms with Gasteiger partial charge in [0, 0.05) is 19.2 Å². The van der Waals surface area contributed by atoms with Crippen LogP contribution in [0.2, 0.25) is 5.15 Å². The standard InChI is InChI=1S/C12H14ClN3O4/c1-12(2)7-15(3-4-20-12)11(17)9-5-8(16(18)19)6-14-10(9)13/h5-6H,3-4,7H2,1-2H3. The Bertz CT molecular complexity index is 562. The molecule has 0 N–H and O–H groups in total. The van der Waals surface area contributed by atoms with Gasteiger partial charge in [0.25, 0.3) is 11.6 Å². The van der Waals surface area contributed by atoms with E-state index < -0.39 is 10.5 Å². The number of ether oxygens (including phenoxy) is 1. The van der Waals surface area contributed by atoms with Crippen LogP contribution in [0.15, 0.2) is 12.3 Å². The third-order valence-electron chi connectivity index (χ3n) is 2.98. The van der Waals surface area contributed by atoms with Gasteiger partial charge in [-0.1, -0.05) is 11.6 Å². The van der Waals surface area contributed by atoms with Gasteiger partial charge in [0.15, 0.2) is 0 Å². The molecule has 7 nitrogen and oxygen atoms in total. The largest absolute Gasteiger partial charge is 0.372 e. The van der Waals surface area contributed by atoms with Gasteiger partial charge in [0.2, 0.25) is 0 Å². The van der Waals surface area contributed by atoms with E-state index in [1.54, 1.807) is 4.90 Å².